The maximum absolute atomic E-state index is 13.0. The fraction of sp³-hybridized carbons (Fsp3) is 0.214. The van der Waals surface area contributed by atoms with Gasteiger partial charge >= 0.3 is 0 Å². The number of benzene rings is 1. The lowest BCUT2D eigenvalue weighted by Gasteiger charge is -2.12. The number of anilines is 1. The molecule has 0 aliphatic rings. The van der Waals surface area contributed by atoms with Crippen LogP contribution in [0.2, 0.25) is 10.3 Å². The lowest BCUT2D eigenvalue weighted by molar-refractivity contribution is 0.625. The summed E-state index contributed by atoms with van der Waals surface area (Å²) < 4.78 is 13.0. The fourth-order valence-corrected chi connectivity index (χ4v) is 2.45. The van der Waals surface area contributed by atoms with Crippen LogP contribution >= 0.6 is 23.2 Å². The molecule has 0 aliphatic heterocycles. The van der Waals surface area contributed by atoms with Crippen molar-refractivity contribution in [3.63, 3.8) is 0 Å². The maximum atomic E-state index is 13.0. The van der Waals surface area contributed by atoms with Crippen molar-refractivity contribution < 1.29 is 4.39 Å². The van der Waals surface area contributed by atoms with Crippen LogP contribution in [-0.4, -0.2) is 4.98 Å². The van der Waals surface area contributed by atoms with Crippen molar-refractivity contribution in [2.45, 2.75) is 20.4 Å². The van der Waals surface area contributed by atoms with Crippen LogP contribution in [0.5, 0.6) is 0 Å². The predicted octanol–water partition coefficient (Wildman–Crippen LogP) is 4.76. The molecule has 2 aromatic rings. The van der Waals surface area contributed by atoms with Crippen molar-refractivity contribution in [2.24, 2.45) is 0 Å². The summed E-state index contributed by atoms with van der Waals surface area (Å²) in [5, 5.41) is 3.91. The molecule has 0 spiro atoms. The van der Waals surface area contributed by atoms with E-state index in [0.717, 1.165) is 22.4 Å². The number of nitrogens with zero attached hydrogens (tertiary/aromatic N) is 1. The molecule has 0 saturated heterocycles. The van der Waals surface area contributed by atoms with E-state index in [4.69, 9.17) is 23.2 Å². The van der Waals surface area contributed by atoms with Crippen LogP contribution < -0.4 is 5.32 Å². The van der Waals surface area contributed by atoms with E-state index in [1.54, 1.807) is 12.1 Å². The van der Waals surface area contributed by atoms with Gasteiger partial charge in [-0.3, -0.25) is 0 Å². The minimum atomic E-state index is -0.233. The van der Waals surface area contributed by atoms with Crippen LogP contribution in [0.1, 0.15) is 16.7 Å². The Balaban J connectivity index is 2.19. The average molecular weight is 299 g/mol. The Kier molecular flexibility index (Phi) is 4.27. The number of hydrogen-bond donors (Lipinski definition) is 1. The summed E-state index contributed by atoms with van der Waals surface area (Å²) in [6.45, 7) is 4.32. The first-order valence-corrected chi connectivity index (χ1v) is 6.54. The van der Waals surface area contributed by atoms with Gasteiger partial charge in [0.15, 0.2) is 5.15 Å². The zero-order chi connectivity index (χ0) is 14.0. The van der Waals surface area contributed by atoms with Crippen molar-refractivity contribution in [3.05, 3.63) is 57.1 Å². The van der Waals surface area contributed by atoms with Crippen molar-refractivity contribution in [1.29, 1.82) is 0 Å². The Morgan fingerprint density at radius 3 is 2.53 bits per heavy atom. The van der Waals surface area contributed by atoms with Gasteiger partial charge in [0.05, 0.1) is 5.69 Å². The Morgan fingerprint density at radius 2 is 1.89 bits per heavy atom. The molecular formula is C14H13Cl2FN2. The average Bonchev–Trinajstić information content (AvgIpc) is 2.30. The molecule has 2 nitrogen and oxygen atoms in total. The second-order valence-electron chi connectivity index (χ2n) is 4.35. The van der Waals surface area contributed by atoms with E-state index >= 15 is 0 Å². The standard InChI is InChI=1S/C14H13Cl2FN2/c1-8-5-11(17)4-3-10(8)7-18-13-9(2)6-12(15)19-14(13)16/h3-6,18H,7H2,1-2H3. The van der Waals surface area contributed by atoms with Crippen LogP contribution in [0, 0.1) is 19.7 Å². The molecule has 0 fully saturated rings. The third kappa shape index (κ3) is 3.37. The van der Waals surface area contributed by atoms with E-state index in [-0.39, 0.29) is 5.82 Å². The molecule has 0 amide bonds. The molecule has 0 saturated carbocycles. The van der Waals surface area contributed by atoms with Crippen molar-refractivity contribution in [1.82, 2.24) is 4.98 Å². The Labute approximate surface area is 121 Å². The van der Waals surface area contributed by atoms with Gasteiger partial charge < -0.3 is 5.32 Å². The van der Waals surface area contributed by atoms with Gasteiger partial charge in [0.25, 0.3) is 0 Å². The zero-order valence-corrected chi connectivity index (χ0v) is 12.1. The number of pyridine rings is 1. The summed E-state index contributed by atoms with van der Waals surface area (Å²) in [6, 6.07) is 6.45. The molecule has 1 aromatic carbocycles. The normalized spacial score (nSPS) is 10.6. The van der Waals surface area contributed by atoms with Gasteiger partial charge in [-0.25, -0.2) is 9.37 Å². The lowest BCUT2D eigenvalue weighted by Crippen LogP contribution is -2.04. The summed E-state index contributed by atoms with van der Waals surface area (Å²) in [4.78, 5) is 3.99. The van der Waals surface area contributed by atoms with E-state index in [1.807, 2.05) is 13.8 Å². The number of halogens is 3. The summed E-state index contributed by atoms with van der Waals surface area (Å²) in [6.07, 6.45) is 0. The van der Waals surface area contributed by atoms with E-state index in [9.17, 15) is 4.39 Å². The second kappa shape index (κ2) is 5.76. The van der Waals surface area contributed by atoms with Gasteiger partial charge in [0.2, 0.25) is 0 Å². The number of nitrogens with one attached hydrogen (secondary N) is 1. The van der Waals surface area contributed by atoms with Gasteiger partial charge in [-0.15, -0.1) is 0 Å². The quantitative estimate of drug-likeness (QED) is 0.827. The van der Waals surface area contributed by atoms with Crippen LogP contribution in [0.25, 0.3) is 0 Å². The van der Waals surface area contributed by atoms with E-state index < -0.39 is 0 Å². The van der Waals surface area contributed by atoms with Gasteiger partial charge in [0, 0.05) is 6.54 Å². The minimum Gasteiger partial charge on any atom is -0.378 e. The highest BCUT2D eigenvalue weighted by Gasteiger charge is 2.08. The number of aromatic nitrogens is 1. The van der Waals surface area contributed by atoms with Crippen molar-refractivity contribution in [3.8, 4) is 0 Å². The molecular weight excluding hydrogens is 286 g/mol. The first-order chi connectivity index (χ1) is 8.97. The summed E-state index contributed by atoms with van der Waals surface area (Å²) >= 11 is 11.9. The second-order valence-corrected chi connectivity index (χ2v) is 5.10. The highest BCUT2D eigenvalue weighted by molar-refractivity contribution is 6.34. The molecule has 1 aromatic heterocycles. The molecule has 0 bridgehead atoms. The molecule has 2 rings (SSSR count). The number of hydrogen-bond acceptors (Lipinski definition) is 2. The molecule has 1 heterocycles. The van der Waals surface area contributed by atoms with E-state index in [2.05, 4.69) is 10.3 Å². The third-order valence-electron chi connectivity index (χ3n) is 2.90. The highest BCUT2D eigenvalue weighted by atomic mass is 35.5. The SMILES string of the molecule is Cc1cc(F)ccc1CNc1c(C)cc(Cl)nc1Cl. The van der Waals surface area contributed by atoms with Crippen molar-refractivity contribution in [2.75, 3.05) is 5.32 Å². The monoisotopic (exact) mass is 298 g/mol. The zero-order valence-electron chi connectivity index (χ0n) is 10.6. The molecule has 0 unspecified atom stereocenters. The third-order valence-corrected chi connectivity index (χ3v) is 3.37. The molecule has 100 valence electrons. The summed E-state index contributed by atoms with van der Waals surface area (Å²) in [5.41, 5.74) is 3.56. The van der Waals surface area contributed by atoms with Gasteiger partial charge in [-0.1, -0.05) is 29.3 Å². The molecule has 0 atom stereocenters. The first-order valence-electron chi connectivity index (χ1n) is 5.79. The van der Waals surface area contributed by atoms with Gasteiger partial charge in [0.1, 0.15) is 11.0 Å². The van der Waals surface area contributed by atoms with Crippen LogP contribution in [-0.2, 0) is 6.54 Å². The Bertz CT molecular complexity index is 591. The topological polar surface area (TPSA) is 24.9 Å². The molecule has 0 radical (unpaired) electrons. The van der Waals surface area contributed by atoms with Gasteiger partial charge in [-0.05, 0) is 48.7 Å². The van der Waals surface area contributed by atoms with Crippen molar-refractivity contribution >= 4 is 28.9 Å². The maximum Gasteiger partial charge on any atom is 0.154 e. The highest BCUT2D eigenvalue weighted by Crippen LogP contribution is 2.27. The first kappa shape index (κ1) is 14.1. The summed E-state index contributed by atoms with van der Waals surface area (Å²) in [5.74, 6) is -0.233. The predicted molar refractivity (Wildman–Crippen MR) is 77.5 cm³/mol. The van der Waals surface area contributed by atoms with E-state index in [1.165, 1.54) is 12.1 Å². The number of rotatable bonds is 3. The largest absolute Gasteiger partial charge is 0.378 e. The van der Waals surface area contributed by atoms with E-state index in [0.29, 0.717) is 16.9 Å². The van der Waals surface area contributed by atoms with Crippen LogP contribution in [0.4, 0.5) is 10.1 Å². The number of aryl methyl sites for hydroxylation is 2. The molecule has 5 heteroatoms. The Hall–Kier alpha value is -1.32. The molecule has 1 N–H and O–H groups in total. The Morgan fingerprint density at radius 1 is 1.16 bits per heavy atom. The lowest BCUT2D eigenvalue weighted by atomic mass is 10.1. The molecule has 0 aliphatic carbocycles. The smallest absolute Gasteiger partial charge is 0.154 e. The fourth-order valence-electron chi connectivity index (χ4n) is 1.85. The van der Waals surface area contributed by atoms with Crippen LogP contribution in [0.15, 0.2) is 24.3 Å². The van der Waals surface area contributed by atoms with Crippen LogP contribution in [0.3, 0.4) is 0 Å². The molecule has 19 heavy (non-hydrogen) atoms. The van der Waals surface area contributed by atoms with Gasteiger partial charge in [-0.2, -0.15) is 0 Å². The minimum absolute atomic E-state index is 0.233. The summed E-state index contributed by atoms with van der Waals surface area (Å²) in [7, 11) is 0.